The second-order valence-electron chi connectivity index (χ2n) is 8.45. The molecule has 0 unspecified atom stereocenters. The van der Waals surface area contributed by atoms with Gasteiger partial charge in [-0.25, -0.2) is 4.98 Å². The maximum Gasteiger partial charge on any atom is 0.219 e. The summed E-state index contributed by atoms with van der Waals surface area (Å²) in [6.07, 6.45) is 2.41. The SMILES string of the molecule is CC(=O)N1C[C@@H](COc2ccccc2)[C@H](C2CCN(Cc3scnc3C)CC2)C1. The van der Waals surface area contributed by atoms with E-state index in [0.29, 0.717) is 24.4 Å². The number of carbonyl (C=O) groups is 1. The van der Waals surface area contributed by atoms with Crippen LogP contribution in [0.3, 0.4) is 0 Å². The fraction of sp³-hybridized carbons (Fsp3) is 0.565. The Bertz CT molecular complexity index is 801. The lowest BCUT2D eigenvalue weighted by Crippen LogP contribution is -2.38. The number of aromatic nitrogens is 1. The van der Waals surface area contributed by atoms with Crippen LogP contribution in [0.1, 0.15) is 30.3 Å². The molecule has 2 fully saturated rings. The Balaban J connectivity index is 1.34. The third-order valence-corrected chi connectivity index (χ3v) is 7.51. The zero-order chi connectivity index (χ0) is 20.2. The third kappa shape index (κ3) is 4.98. The summed E-state index contributed by atoms with van der Waals surface area (Å²) < 4.78 is 6.09. The summed E-state index contributed by atoms with van der Waals surface area (Å²) in [6, 6.07) is 10.0. The van der Waals surface area contributed by atoms with Crippen molar-refractivity contribution in [2.24, 2.45) is 17.8 Å². The van der Waals surface area contributed by atoms with Crippen molar-refractivity contribution < 1.29 is 9.53 Å². The largest absolute Gasteiger partial charge is 0.493 e. The van der Waals surface area contributed by atoms with Crippen molar-refractivity contribution in [2.75, 3.05) is 32.8 Å². The quantitative estimate of drug-likeness (QED) is 0.722. The standard InChI is InChI=1S/C23H31N3O2S/c1-17-23(29-16-24-17)14-25-10-8-19(9-11-25)22-13-26(18(2)27)12-20(22)15-28-21-6-4-3-5-7-21/h3-7,16,19-20,22H,8-15H2,1-2H3/t20-,22-/m0/s1. The number of ether oxygens (including phenoxy) is 1. The molecule has 0 spiro atoms. The molecule has 1 aromatic carbocycles. The second kappa shape index (κ2) is 9.26. The molecule has 0 N–H and O–H groups in total. The van der Waals surface area contributed by atoms with Crippen LogP contribution in [0.2, 0.25) is 0 Å². The number of amides is 1. The Morgan fingerprint density at radius 3 is 2.62 bits per heavy atom. The predicted octanol–water partition coefficient (Wildman–Crippen LogP) is 3.84. The Morgan fingerprint density at radius 2 is 1.97 bits per heavy atom. The molecule has 2 atom stereocenters. The first-order chi connectivity index (χ1) is 14.1. The number of nitrogens with zero attached hydrogens (tertiary/aromatic N) is 3. The van der Waals surface area contributed by atoms with Gasteiger partial charge < -0.3 is 9.64 Å². The first-order valence-corrected chi connectivity index (χ1v) is 11.5. The monoisotopic (exact) mass is 413 g/mol. The zero-order valence-electron chi connectivity index (χ0n) is 17.4. The molecule has 3 heterocycles. The molecule has 1 amide bonds. The maximum absolute atomic E-state index is 12.0. The molecule has 29 heavy (non-hydrogen) atoms. The van der Waals surface area contributed by atoms with Crippen LogP contribution in [0, 0.1) is 24.7 Å². The topological polar surface area (TPSA) is 45.7 Å². The number of piperidine rings is 1. The summed E-state index contributed by atoms with van der Waals surface area (Å²) in [5.41, 5.74) is 3.12. The van der Waals surface area contributed by atoms with Crippen LogP contribution in [0.15, 0.2) is 35.8 Å². The average molecular weight is 414 g/mol. The normalized spacial score (nSPS) is 23.4. The van der Waals surface area contributed by atoms with Crippen LogP contribution in [-0.2, 0) is 11.3 Å². The van der Waals surface area contributed by atoms with Crippen LogP contribution >= 0.6 is 11.3 Å². The number of rotatable bonds is 6. The molecular weight excluding hydrogens is 382 g/mol. The highest BCUT2D eigenvalue weighted by atomic mass is 32.1. The van der Waals surface area contributed by atoms with Crippen molar-refractivity contribution >= 4 is 17.2 Å². The highest BCUT2D eigenvalue weighted by Gasteiger charge is 2.40. The molecule has 0 bridgehead atoms. The third-order valence-electron chi connectivity index (χ3n) is 6.59. The molecule has 5 nitrogen and oxygen atoms in total. The van der Waals surface area contributed by atoms with Crippen LogP contribution in [0.4, 0.5) is 0 Å². The summed E-state index contributed by atoms with van der Waals surface area (Å²) in [7, 11) is 0. The van der Waals surface area contributed by atoms with E-state index in [2.05, 4.69) is 16.8 Å². The van der Waals surface area contributed by atoms with E-state index in [1.165, 1.54) is 23.4 Å². The van der Waals surface area contributed by atoms with Crippen LogP contribution in [0.25, 0.3) is 0 Å². The molecule has 2 aliphatic heterocycles. The highest BCUT2D eigenvalue weighted by Crippen LogP contribution is 2.36. The van der Waals surface area contributed by atoms with Gasteiger partial charge in [-0.2, -0.15) is 0 Å². The molecule has 2 aliphatic rings. The van der Waals surface area contributed by atoms with Crippen molar-refractivity contribution in [3.63, 3.8) is 0 Å². The maximum atomic E-state index is 12.0. The fourth-order valence-electron chi connectivity index (χ4n) is 4.80. The number of carbonyl (C=O) groups excluding carboxylic acids is 1. The van der Waals surface area contributed by atoms with Gasteiger partial charge in [0.2, 0.25) is 5.91 Å². The van der Waals surface area contributed by atoms with Crippen molar-refractivity contribution in [1.82, 2.24) is 14.8 Å². The van der Waals surface area contributed by atoms with Gasteiger partial charge in [0.15, 0.2) is 0 Å². The molecule has 4 rings (SSSR count). The van der Waals surface area contributed by atoms with Gasteiger partial charge in [-0.1, -0.05) is 18.2 Å². The lowest BCUT2D eigenvalue weighted by molar-refractivity contribution is -0.128. The Hall–Kier alpha value is -1.92. The second-order valence-corrected chi connectivity index (χ2v) is 9.39. The predicted molar refractivity (Wildman–Crippen MR) is 116 cm³/mol. The minimum atomic E-state index is 0.190. The van der Waals surface area contributed by atoms with Gasteiger partial charge in [0.25, 0.3) is 0 Å². The Kier molecular flexibility index (Phi) is 6.50. The van der Waals surface area contributed by atoms with E-state index >= 15 is 0 Å². The van der Waals surface area contributed by atoms with Gasteiger partial charge in [-0.05, 0) is 56.8 Å². The van der Waals surface area contributed by atoms with Gasteiger partial charge in [0.1, 0.15) is 5.75 Å². The van der Waals surface area contributed by atoms with Gasteiger partial charge in [-0.3, -0.25) is 9.69 Å². The lowest BCUT2D eigenvalue weighted by Gasteiger charge is -2.36. The van der Waals surface area contributed by atoms with Crippen molar-refractivity contribution in [2.45, 2.75) is 33.2 Å². The van der Waals surface area contributed by atoms with E-state index in [-0.39, 0.29) is 5.91 Å². The average Bonchev–Trinajstić information content (AvgIpc) is 3.34. The van der Waals surface area contributed by atoms with Gasteiger partial charge in [0, 0.05) is 37.4 Å². The van der Waals surface area contributed by atoms with E-state index in [4.69, 9.17) is 4.74 Å². The van der Waals surface area contributed by atoms with Crippen molar-refractivity contribution in [1.29, 1.82) is 0 Å². The first-order valence-electron chi connectivity index (χ1n) is 10.6. The number of hydrogen-bond donors (Lipinski definition) is 0. The zero-order valence-corrected chi connectivity index (χ0v) is 18.2. The number of hydrogen-bond acceptors (Lipinski definition) is 5. The first kappa shape index (κ1) is 20.4. The molecule has 0 saturated carbocycles. The number of likely N-dealkylation sites (tertiary alicyclic amines) is 2. The fourth-order valence-corrected chi connectivity index (χ4v) is 5.62. The number of aryl methyl sites for hydroxylation is 1. The van der Waals surface area contributed by atoms with Crippen LogP contribution < -0.4 is 4.74 Å². The van der Waals surface area contributed by atoms with Crippen LogP contribution in [0.5, 0.6) is 5.75 Å². The minimum absolute atomic E-state index is 0.190. The molecule has 2 aromatic rings. The summed E-state index contributed by atoms with van der Waals surface area (Å²) in [4.78, 5) is 22.4. The Morgan fingerprint density at radius 1 is 1.21 bits per heavy atom. The minimum Gasteiger partial charge on any atom is -0.493 e. The smallest absolute Gasteiger partial charge is 0.219 e. The van der Waals surface area contributed by atoms with E-state index < -0.39 is 0 Å². The van der Waals surface area contributed by atoms with Crippen molar-refractivity contribution in [3.05, 3.63) is 46.4 Å². The molecule has 1 aromatic heterocycles. The van der Waals surface area contributed by atoms with E-state index in [1.807, 2.05) is 40.7 Å². The molecule has 2 saturated heterocycles. The van der Waals surface area contributed by atoms with Gasteiger partial charge in [0.05, 0.1) is 17.8 Å². The summed E-state index contributed by atoms with van der Waals surface area (Å²) in [5, 5.41) is 0. The molecule has 0 radical (unpaired) electrons. The van der Waals surface area contributed by atoms with Gasteiger partial charge in [-0.15, -0.1) is 11.3 Å². The molecule has 0 aliphatic carbocycles. The van der Waals surface area contributed by atoms with Crippen molar-refractivity contribution in [3.8, 4) is 5.75 Å². The van der Waals surface area contributed by atoms with E-state index in [0.717, 1.165) is 38.5 Å². The Labute approximate surface area is 177 Å². The number of para-hydroxylation sites is 1. The van der Waals surface area contributed by atoms with E-state index in [1.54, 1.807) is 18.3 Å². The molecule has 156 valence electrons. The summed E-state index contributed by atoms with van der Waals surface area (Å²) >= 11 is 1.76. The highest BCUT2D eigenvalue weighted by molar-refractivity contribution is 7.09. The number of benzene rings is 1. The molecular formula is C23H31N3O2S. The number of thiazole rings is 1. The van der Waals surface area contributed by atoms with E-state index in [9.17, 15) is 4.79 Å². The molecule has 6 heteroatoms. The van der Waals surface area contributed by atoms with Crippen LogP contribution in [-0.4, -0.2) is 53.5 Å². The summed E-state index contributed by atoms with van der Waals surface area (Å²) in [5.74, 6) is 2.73. The lowest BCUT2D eigenvalue weighted by atomic mass is 9.78. The van der Waals surface area contributed by atoms with Gasteiger partial charge >= 0.3 is 0 Å². The summed E-state index contributed by atoms with van der Waals surface area (Å²) in [6.45, 7) is 9.48.